The lowest BCUT2D eigenvalue weighted by atomic mass is 10.2. The minimum Gasteiger partial charge on any atom is -0.365 e. The van der Waals surface area contributed by atoms with Gasteiger partial charge in [0.1, 0.15) is 11.4 Å². The summed E-state index contributed by atoms with van der Waals surface area (Å²) in [4.78, 5) is 20.1. The van der Waals surface area contributed by atoms with Gasteiger partial charge in [0, 0.05) is 23.8 Å². The monoisotopic (exact) mass is 462 g/mol. The molecular weight excluding hydrogens is 444 g/mol. The molecule has 13 heteroatoms. The minimum absolute atomic E-state index is 0.0160. The average molecular weight is 463 g/mol. The number of sulfonamides is 1. The molecule has 1 heterocycles. The van der Waals surface area contributed by atoms with Crippen LogP contribution in [-0.2, 0) is 19.9 Å². The van der Waals surface area contributed by atoms with E-state index in [0.717, 1.165) is 6.26 Å². The predicted molar refractivity (Wildman–Crippen MR) is 114 cm³/mol. The third kappa shape index (κ3) is 5.53. The predicted octanol–water partition coefficient (Wildman–Crippen LogP) is 1.11. The second-order valence-corrected chi connectivity index (χ2v) is 10.0. The van der Waals surface area contributed by atoms with Crippen LogP contribution in [0.25, 0.3) is 0 Å². The molecule has 0 fully saturated rings. The third-order valence-electron chi connectivity index (χ3n) is 4.04. The fourth-order valence-corrected chi connectivity index (χ4v) is 3.64. The SMILES string of the molecule is CS(=O)(=O)c1ccc(Nc2nc(Nc3ccc(S(N)(=O)=O)cc3)ncc2C(N)=O)cc1. The van der Waals surface area contributed by atoms with Crippen molar-refractivity contribution < 1.29 is 21.6 Å². The van der Waals surface area contributed by atoms with E-state index >= 15 is 0 Å². The molecular formula is C18H18N6O5S2. The molecule has 3 rings (SSSR count). The number of hydrogen-bond acceptors (Lipinski definition) is 9. The molecule has 0 radical (unpaired) electrons. The van der Waals surface area contributed by atoms with Gasteiger partial charge >= 0.3 is 0 Å². The van der Waals surface area contributed by atoms with Gasteiger partial charge in [0.2, 0.25) is 16.0 Å². The molecule has 2 aromatic carbocycles. The number of anilines is 4. The molecule has 0 saturated carbocycles. The smallest absolute Gasteiger partial charge is 0.254 e. The van der Waals surface area contributed by atoms with Crippen molar-refractivity contribution in [2.75, 3.05) is 16.9 Å². The Kier molecular flexibility index (Phi) is 5.92. The van der Waals surface area contributed by atoms with E-state index in [1.807, 2.05) is 0 Å². The van der Waals surface area contributed by atoms with Crippen molar-refractivity contribution >= 4 is 48.9 Å². The summed E-state index contributed by atoms with van der Waals surface area (Å²) in [6.45, 7) is 0. The number of hydrogen-bond donors (Lipinski definition) is 4. The topological polar surface area (TPSA) is 187 Å². The minimum atomic E-state index is -3.82. The van der Waals surface area contributed by atoms with Crippen molar-refractivity contribution in [3.63, 3.8) is 0 Å². The number of rotatable bonds is 7. The van der Waals surface area contributed by atoms with Crippen LogP contribution in [0.2, 0.25) is 0 Å². The molecule has 0 unspecified atom stereocenters. The van der Waals surface area contributed by atoms with Crippen molar-refractivity contribution in [1.82, 2.24) is 9.97 Å². The second-order valence-electron chi connectivity index (χ2n) is 6.44. The van der Waals surface area contributed by atoms with Gasteiger partial charge < -0.3 is 16.4 Å². The lowest BCUT2D eigenvalue weighted by Crippen LogP contribution is -2.15. The van der Waals surface area contributed by atoms with Crippen LogP contribution < -0.4 is 21.5 Å². The van der Waals surface area contributed by atoms with Gasteiger partial charge in [-0.3, -0.25) is 4.79 Å². The van der Waals surface area contributed by atoms with Crippen molar-refractivity contribution in [3.05, 3.63) is 60.3 Å². The van der Waals surface area contributed by atoms with E-state index in [-0.39, 0.29) is 27.1 Å². The van der Waals surface area contributed by atoms with Crippen LogP contribution in [-0.4, -0.2) is 39.0 Å². The van der Waals surface area contributed by atoms with Gasteiger partial charge in [-0.2, -0.15) is 4.98 Å². The molecule has 3 aromatic rings. The van der Waals surface area contributed by atoms with Crippen LogP contribution in [0.3, 0.4) is 0 Å². The molecule has 0 bridgehead atoms. The molecule has 31 heavy (non-hydrogen) atoms. The highest BCUT2D eigenvalue weighted by molar-refractivity contribution is 7.90. The van der Waals surface area contributed by atoms with E-state index in [9.17, 15) is 21.6 Å². The van der Waals surface area contributed by atoms with Crippen molar-refractivity contribution in [2.24, 2.45) is 10.9 Å². The quantitative estimate of drug-likeness (QED) is 0.399. The van der Waals surface area contributed by atoms with Crippen LogP contribution in [0.1, 0.15) is 10.4 Å². The number of aromatic nitrogens is 2. The van der Waals surface area contributed by atoms with Gasteiger partial charge in [0.05, 0.1) is 9.79 Å². The summed E-state index contributed by atoms with van der Waals surface area (Å²) in [5.41, 5.74) is 6.34. The summed E-state index contributed by atoms with van der Waals surface area (Å²) in [6, 6.07) is 11.4. The number of nitrogens with one attached hydrogen (secondary N) is 2. The van der Waals surface area contributed by atoms with Crippen LogP contribution in [0.15, 0.2) is 64.5 Å². The fraction of sp³-hybridized carbons (Fsp3) is 0.0556. The molecule has 1 amide bonds. The van der Waals surface area contributed by atoms with Crippen LogP contribution in [0, 0.1) is 0 Å². The number of sulfone groups is 1. The van der Waals surface area contributed by atoms with Gasteiger partial charge in [-0.15, -0.1) is 0 Å². The van der Waals surface area contributed by atoms with E-state index in [1.165, 1.54) is 54.7 Å². The summed E-state index contributed by atoms with van der Waals surface area (Å²) in [5.74, 6) is -0.568. The number of primary sulfonamides is 1. The number of amides is 1. The average Bonchev–Trinajstić information content (AvgIpc) is 2.67. The van der Waals surface area contributed by atoms with E-state index in [0.29, 0.717) is 11.4 Å². The number of carbonyl (C=O) groups is 1. The number of nitrogens with two attached hydrogens (primary N) is 2. The van der Waals surface area contributed by atoms with Gasteiger partial charge in [0.15, 0.2) is 9.84 Å². The Bertz CT molecular complexity index is 1340. The molecule has 0 atom stereocenters. The summed E-state index contributed by atoms with van der Waals surface area (Å²) < 4.78 is 45.9. The largest absolute Gasteiger partial charge is 0.365 e. The highest BCUT2D eigenvalue weighted by Crippen LogP contribution is 2.23. The van der Waals surface area contributed by atoms with E-state index in [2.05, 4.69) is 20.6 Å². The fourth-order valence-electron chi connectivity index (χ4n) is 2.50. The molecule has 0 saturated heterocycles. The summed E-state index contributed by atoms with van der Waals surface area (Å²) >= 11 is 0. The first kappa shape index (κ1) is 22.1. The Morgan fingerprint density at radius 2 is 1.39 bits per heavy atom. The van der Waals surface area contributed by atoms with Crippen molar-refractivity contribution in [1.29, 1.82) is 0 Å². The summed E-state index contributed by atoms with van der Waals surface area (Å²) in [7, 11) is -7.17. The second kappa shape index (κ2) is 8.29. The first-order valence-electron chi connectivity index (χ1n) is 8.57. The molecule has 6 N–H and O–H groups in total. The van der Waals surface area contributed by atoms with Gasteiger partial charge in [-0.05, 0) is 48.5 Å². The standard InChI is InChI=1S/C18H18N6O5S2/c1-30(26,27)13-6-2-11(3-7-13)22-17-15(16(19)25)10-21-18(24-17)23-12-4-8-14(9-5-12)31(20,28)29/h2-10H,1H3,(H2,19,25)(H2,20,28,29)(H2,21,22,23,24). The molecule has 0 aliphatic heterocycles. The maximum atomic E-state index is 11.7. The van der Waals surface area contributed by atoms with Gasteiger partial charge in [0.25, 0.3) is 5.91 Å². The maximum Gasteiger partial charge on any atom is 0.254 e. The molecule has 0 aliphatic carbocycles. The van der Waals surface area contributed by atoms with Crippen LogP contribution >= 0.6 is 0 Å². The number of carbonyl (C=O) groups excluding carboxylic acids is 1. The first-order chi connectivity index (χ1) is 14.4. The van der Waals surface area contributed by atoms with E-state index in [4.69, 9.17) is 10.9 Å². The Balaban J connectivity index is 1.88. The third-order valence-corrected chi connectivity index (χ3v) is 6.10. The van der Waals surface area contributed by atoms with Crippen molar-refractivity contribution in [2.45, 2.75) is 9.79 Å². The molecule has 11 nitrogen and oxygen atoms in total. The maximum absolute atomic E-state index is 11.7. The zero-order valence-electron chi connectivity index (χ0n) is 16.1. The lowest BCUT2D eigenvalue weighted by molar-refractivity contribution is 0.100. The number of primary amides is 1. The lowest BCUT2D eigenvalue weighted by Gasteiger charge is -2.12. The Hall–Kier alpha value is -3.55. The Labute approximate surface area is 178 Å². The zero-order valence-corrected chi connectivity index (χ0v) is 17.7. The van der Waals surface area contributed by atoms with Gasteiger partial charge in [-0.25, -0.2) is 27.0 Å². The Morgan fingerprint density at radius 1 is 0.871 bits per heavy atom. The zero-order chi connectivity index (χ0) is 22.8. The first-order valence-corrected chi connectivity index (χ1v) is 12.0. The van der Waals surface area contributed by atoms with E-state index < -0.39 is 25.8 Å². The van der Waals surface area contributed by atoms with Crippen molar-refractivity contribution in [3.8, 4) is 0 Å². The summed E-state index contributed by atoms with van der Waals surface area (Å²) in [6.07, 6.45) is 2.32. The van der Waals surface area contributed by atoms with E-state index in [1.54, 1.807) is 0 Å². The summed E-state index contributed by atoms with van der Waals surface area (Å²) in [5, 5.41) is 10.9. The highest BCUT2D eigenvalue weighted by atomic mass is 32.2. The number of benzene rings is 2. The number of nitrogens with zero attached hydrogens (tertiary/aromatic N) is 2. The molecule has 162 valence electrons. The van der Waals surface area contributed by atoms with Crippen LogP contribution in [0.4, 0.5) is 23.1 Å². The van der Waals surface area contributed by atoms with Crippen LogP contribution in [0.5, 0.6) is 0 Å². The molecule has 1 aromatic heterocycles. The Morgan fingerprint density at radius 3 is 1.87 bits per heavy atom. The normalized spacial score (nSPS) is 11.7. The molecule has 0 spiro atoms. The molecule has 0 aliphatic rings. The van der Waals surface area contributed by atoms with Gasteiger partial charge in [-0.1, -0.05) is 0 Å². The highest BCUT2D eigenvalue weighted by Gasteiger charge is 2.14.